The molecule has 0 spiro atoms. The smallest absolute Gasteiger partial charge is 0.308 e. The van der Waals surface area contributed by atoms with Crippen LogP contribution in [0.4, 0.5) is 0 Å². The third-order valence-electron chi connectivity index (χ3n) is 4.64. The Morgan fingerprint density at radius 2 is 2.08 bits per heavy atom. The number of fused-ring (bicyclic) bond motifs is 1. The number of amides is 1. The van der Waals surface area contributed by atoms with Crippen LogP contribution in [0.5, 0.6) is 11.5 Å². The van der Waals surface area contributed by atoms with Crippen LogP contribution in [0.15, 0.2) is 12.1 Å². The average molecular weight is 354 g/mol. The molecule has 0 saturated carbocycles. The third kappa shape index (κ3) is 3.29. The summed E-state index contributed by atoms with van der Waals surface area (Å²) in [6, 6.07) is 3.16. The van der Waals surface area contributed by atoms with Crippen molar-refractivity contribution in [1.82, 2.24) is 4.90 Å². The molecule has 0 aliphatic carbocycles. The molecular formula is C17H20ClNO5. The summed E-state index contributed by atoms with van der Waals surface area (Å²) in [6.45, 7) is 3.28. The number of hydrogen-bond donors (Lipinski definition) is 1. The second-order valence-electron chi connectivity index (χ2n) is 6.19. The lowest BCUT2D eigenvalue weighted by Gasteiger charge is -2.37. The summed E-state index contributed by atoms with van der Waals surface area (Å²) in [5.74, 6) is -0.391. The Bertz CT molecular complexity index is 663. The predicted octanol–water partition coefficient (Wildman–Crippen LogP) is 2.37. The summed E-state index contributed by atoms with van der Waals surface area (Å²) in [5.41, 5.74) is 0.735. The van der Waals surface area contributed by atoms with Gasteiger partial charge in [0.05, 0.1) is 17.4 Å². The van der Waals surface area contributed by atoms with Gasteiger partial charge in [-0.15, -0.1) is 0 Å². The molecule has 24 heavy (non-hydrogen) atoms. The number of hydrogen-bond acceptors (Lipinski definition) is 4. The summed E-state index contributed by atoms with van der Waals surface area (Å²) in [7, 11) is 0. The van der Waals surface area contributed by atoms with Crippen molar-refractivity contribution in [3.8, 4) is 11.5 Å². The first-order valence-electron chi connectivity index (χ1n) is 8.07. The van der Waals surface area contributed by atoms with Crippen molar-refractivity contribution in [2.45, 2.75) is 32.2 Å². The van der Waals surface area contributed by atoms with Crippen molar-refractivity contribution < 1.29 is 24.2 Å². The average Bonchev–Trinajstić information content (AvgIpc) is 2.54. The highest BCUT2D eigenvalue weighted by Crippen LogP contribution is 2.38. The van der Waals surface area contributed by atoms with Gasteiger partial charge in [0.2, 0.25) is 5.91 Å². The monoisotopic (exact) mass is 353 g/mol. The van der Waals surface area contributed by atoms with E-state index in [1.807, 2.05) is 0 Å². The number of carbonyl (C=O) groups excluding carboxylic acids is 1. The van der Waals surface area contributed by atoms with Gasteiger partial charge in [-0.3, -0.25) is 9.59 Å². The standard InChI is InChI=1S/C17H20ClNO5/c1-10-12(17(21)22)3-2-4-19(10)15(20)9-11-7-13(18)16-14(8-11)23-5-6-24-16/h7-8,10,12H,2-6,9H2,1H3,(H,21,22)/t10-,12-/m1/s1. The quantitative estimate of drug-likeness (QED) is 0.902. The van der Waals surface area contributed by atoms with Gasteiger partial charge < -0.3 is 19.5 Å². The van der Waals surface area contributed by atoms with Crippen LogP contribution in [0.25, 0.3) is 0 Å². The van der Waals surface area contributed by atoms with Crippen LogP contribution in [-0.4, -0.2) is 47.7 Å². The fraction of sp³-hybridized carbons (Fsp3) is 0.529. The molecule has 7 heteroatoms. The minimum absolute atomic E-state index is 0.0961. The predicted molar refractivity (Wildman–Crippen MR) is 87.7 cm³/mol. The number of aliphatic carboxylic acids is 1. The summed E-state index contributed by atoms with van der Waals surface area (Å²) in [5, 5.41) is 9.70. The number of rotatable bonds is 3. The molecule has 0 radical (unpaired) electrons. The van der Waals surface area contributed by atoms with Crippen LogP contribution in [0.2, 0.25) is 5.02 Å². The molecule has 0 unspecified atom stereocenters. The number of benzene rings is 1. The second-order valence-corrected chi connectivity index (χ2v) is 6.60. The van der Waals surface area contributed by atoms with Crippen molar-refractivity contribution in [2.75, 3.05) is 19.8 Å². The van der Waals surface area contributed by atoms with Crippen molar-refractivity contribution in [2.24, 2.45) is 5.92 Å². The highest BCUT2D eigenvalue weighted by Gasteiger charge is 2.35. The third-order valence-corrected chi connectivity index (χ3v) is 4.92. The largest absolute Gasteiger partial charge is 0.486 e. The number of carboxylic acid groups (broad SMARTS) is 1. The highest BCUT2D eigenvalue weighted by molar-refractivity contribution is 6.32. The number of carboxylic acids is 1. The van der Waals surface area contributed by atoms with E-state index in [2.05, 4.69) is 0 Å². The maximum absolute atomic E-state index is 12.6. The van der Waals surface area contributed by atoms with Gasteiger partial charge in [0.1, 0.15) is 13.2 Å². The van der Waals surface area contributed by atoms with Gasteiger partial charge in [-0.05, 0) is 37.5 Å². The van der Waals surface area contributed by atoms with E-state index in [9.17, 15) is 14.7 Å². The summed E-state index contributed by atoms with van der Waals surface area (Å²) in [4.78, 5) is 25.6. The Hall–Kier alpha value is -1.95. The van der Waals surface area contributed by atoms with Crippen LogP contribution < -0.4 is 9.47 Å². The Morgan fingerprint density at radius 3 is 2.83 bits per heavy atom. The lowest BCUT2D eigenvalue weighted by Crippen LogP contribution is -2.49. The lowest BCUT2D eigenvalue weighted by molar-refractivity contribution is -0.148. The van der Waals surface area contributed by atoms with Gasteiger partial charge in [0.25, 0.3) is 0 Å². The van der Waals surface area contributed by atoms with E-state index in [4.69, 9.17) is 21.1 Å². The number of halogens is 1. The SMILES string of the molecule is C[C@@H]1[C@H](C(=O)O)CCCN1C(=O)Cc1cc(Cl)c2c(c1)OCCO2. The summed E-state index contributed by atoms with van der Waals surface area (Å²) >= 11 is 6.20. The minimum atomic E-state index is -0.845. The molecule has 1 amide bonds. The van der Waals surface area contributed by atoms with Crippen molar-refractivity contribution in [1.29, 1.82) is 0 Å². The van der Waals surface area contributed by atoms with E-state index in [1.165, 1.54) is 0 Å². The molecule has 0 aromatic heterocycles. The normalized spacial score (nSPS) is 23.0. The van der Waals surface area contributed by atoms with Crippen LogP contribution >= 0.6 is 11.6 Å². The van der Waals surface area contributed by atoms with Crippen molar-refractivity contribution in [3.63, 3.8) is 0 Å². The van der Waals surface area contributed by atoms with E-state index < -0.39 is 11.9 Å². The molecule has 1 fully saturated rings. The van der Waals surface area contributed by atoms with Crippen LogP contribution in [-0.2, 0) is 16.0 Å². The van der Waals surface area contributed by atoms with Gasteiger partial charge >= 0.3 is 5.97 Å². The molecule has 6 nitrogen and oxygen atoms in total. The first-order valence-corrected chi connectivity index (χ1v) is 8.45. The molecule has 2 aliphatic heterocycles. The number of nitrogens with zero attached hydrogens (tertiary/aromatic N) is 1. The van der Waals surface area contributed by atoms with Crippen LogP contribution in [0.3, 0.4) is 0 Å². The topological polar surface area (TPSA) is 76.1 Å². The minimum Gasteiger partial charge on any atom is -0.486 e. The summed E-state index contributed by atoms with van der Waals surface area (Å²) in [6.07, 6.45) is 1.47. The molecule has 0 bridgehead atoms. The van der Waals surface area contributed by atoms with E-state index in [1.54, 1.807) is 24.0 Å². The number of ether oxygens (including phenoxy) is 2. The maximum Gasteiger partial charge on any atom is 0.308 e. The zero-order valence-electron chi connectivity index (χ0n) is 13.5. The van der Waals surface area contributed by atoms with Gasteiger partial charge in [0, 0.05) is 12.6 Å². The zero-order valence-corrected chi connectivity index (χ0v) is 14.2. The molecule has 2 heterocycles. The van der Waals surface area contributed by atoms with Crippen molar-refractivity contribution >= 4 is 23.5 Å². The van der Waals surface area contributed by atoms with Gasteiger partial charge in [0.15, 0.2) is 11.5 Å². The molecule has 3 rings (SSSR count). The van der Waals surface area contributed by atoms with Crippen LogP contribution in [0, 0.1) is 5.92 Å². The van der Waals surface area contributed by atoms with Gasteiger partial charge in [-0.2, -0.15) is 0 Å². The first-order chi connectivity index (χ1) is 11.5. The van der Waals surface area contributed by atoms with E-state index >= 15 is 0 Å². The van der Waals surface area contributed by atoms with Gasteiger partial charge in [-0.25, -0.2) is 0 Å². The zero-order chi connectivity index (χ0) is 17.3. The molecule has 130 valence electrons. The van der Waals surface area contributed by atoms with E-state index in [0.29, 0.717) is 49.1 Å². The molecule has 1 N–H and O–H groups in total. The Labute approximate surface area is 145 Å². The summed E-state index contributed by atoms with van der Waals surface area (Å²) < 4.78 is 11.0. The first kappa shape index (κ1) is 16.9. The molecule has 2 aliphatic rings. The van der Waals surface area contributed by atoms with E-state index in [-0.39, 0.29) is 18.4 Å². The molecule has 1 aromatic rings. The number of likely N-dealkylation sites (tertiary alicyclic amines) is 1. The fourth-order valence-corrected chi connectivity index (χ4v) is 3.66. The molecule has 1 saturated heterocycles. The Morgan fingerprint density at radius 1 is 1.33 bits per heavy atom. The van der Waals surface area contributed by atoms with Crippen molar-refractivity contribution in [3.05, 3.63) is 22.7 Å². The maximum atomic E-state index is 12.6. The molecule has 1 aromatic carbocycles. The van der Waals surface area contributed by atoms with Gasteiger partial charge in [-0.1, -0.05) is 11.6 Å². The molecule has 2 atom stereocenters. The molecular weight excluding hydrogens is 334 g/mol. The fourth-order valence-electron chi connectivity index (χ4n) is 3.37. The van der Waals surface area contributed by atoms with E-state index in [0.717, 1.165) is 5.56 Å². The number of piperidine rings is 1. The Balaban J connectivity index is 1.75. The Kier molecular flexibility index (Phi) is 4.85. The highest BCUT2D eigenvalue weighted by atomic mass is 35.5. The lowest BCUT2D eigenvalue weighted by atomic mass is 9.90. The van der Waals surface area contributed by atoms with Crippen LogP contribution in [0.1, 0.15) is 25.3 Å². The number of carbonyl (C=O) groups is 2. The second kappa shape index (κ2) is 6.89.